The van der Waals surface area contributed by atoms with Crippen molar-refractivity contribution in [1.29, 1.82) is 0 Å². The standard InChI is InChI=1S/C12H10ClF3N2S/c13-9-4-5-19-11(9)10(18-17)7-2-1-3-8(6-7)12(14,15)16/h1-6,10,18H,17H2. The van der Waals surface area contributed by atoms with Crippen LogP contribution in [0, 0.1) is 0 Å². The monoisotopic (exact) mass is 306 g/mol. The first kappa shape index (κ1) is 14.3. The second-order valence-corrected chi connectivity index (χ2v) is 5.21. The number of thiophene rings is 1. The van der Waals surface area contributed by atoms with E-state index >= 15 is 0 Å². The van der Waals surface area contributed by atoms with Crippen LogP contribution < -0.4 is 11.3 Å². The van der Waals surface area contributed by atoms with E-state index in [1.165, 1.54) is 17.4 Å². The van der Waals surface area contributed by atoms with Crippen LogP contribution in [0.1, 0.15) is 22.0 Å². The lowest BCUT2D eigenvalue weighted by molar-refractivity contribution is -0.137. The molecular formula is C12H10ClF3N2S. The molecule has 102 valence electrons. The number of hydrazine groups is 1. The quantitative estimate of drug-likeness (QED) is 0.665. The number of alkyl halides is 3. The summed E-state index contributed by atoms with van der Waals surface area (Å²) in [4.78, 5) is 0.684. The smallest absolute Gasteiger partial charge is 0.271 e. The zero-order valence-corrected chi connectivity index (χ0v) is 11.1. The lowest BCUT2D eigenvalue weighted by Gasteiger charge is -2.17. The van der Waals surface area contributed by atoms with Gasteiger partial charge in [-0.25, -0.2) is 5.43 Å². The molecule has 3 N–H and O–H groups in total. The van der Waals surface area contributed by atoms with E-state index in [1.807, 2.05) is 0 Å². The van der Waals surface area contributed by atoms with Crippen LogP contribution in [0.25, 0.3) is 0 Å². The first-order valence-corrected chi connectivity index (χ1v) is 6.55. The Bertz CT molecular complexity index is 568. The van der Waals surface area contributed by atoms with Gasteiger partial charge in [0.1, 0.15) is 0 Å². The molecule has 2 nitrogen and oxygen atoms in total. The van der Waals surface area contributed by atoms with Crippen LogP contribution in [0.15, 0.2) is 35.7 Å². The molecular weight excluding hydrogens is 297 g/mol. The molecule has 1 aromatic carbocycles. The second kappa shape index (κ2) is 5.50. The Kier molecular flexibility index (Phi) is 4.15. The summed E-state index contributed by atoms with van der Waals surface area (Å²) >= 11 is 7.32. The molecule has 1 heterocycles. The van der Waals surface area contributed by atoms with Gasteiger partial charge in [0, 0.05) is 4.88 Å². The molecule has 0 saturated heterocycles. The van der Waals surface area contributed by atoms with E-state index in [0.29, 0.717) is 15.5 Å². The van der Waals surface area contributed by atoms with Gasteiger partial charge in [-0.15, -0.1) is 11.3 Å². The summed E-state index contributed by atoms with van der Waals surface area (Å²) in [5, 5.41) is 2.24. The van der Waals surface area contributed by atoms with Gasteiger partial charge in [0.05, 0.1) is 16.6 Å². The third-order valence-corrected chi connectivity index (χ3v) is 4.04. The number of rotatable bonds is 3. The average molecular weight is 307 g/mol. The molecule has 0 amide bonds. The van der Waals surface area contributed by atoms with Gasteiger partial charge in [0.15, 0.2) is 0 Å². The topological polar surface area (TPSA) is 38.0 Å². The summed E-state index contributed by atoms with van der Waals surface area (Å²) in [7, 11) is 0. The summed E-state index contributed by atoms with van der Waals surface area (Å²) in [6.45, 7) is 0. The van der Waals surface area contributed by atoms with E-state index in [1.54, 1.807) is 17.5 Å². The van der Waals surface area contributed by atoms with Gasteiger partial charge in [-0.2, -0.15) is 13.2 Å². The van der Waals surface area contributed by atoms with Crippen LogP contribution in [-0.2, 0) is 6.18 Å². The Morgan fingerprint density at radius 2 is 2.00 bits per heavy atom. The zero-order chi connectivity index (χ0) is 14.0. The number of hydrogen-bond acceptors (Lipinski definition) is 3. The molecule has 0 saturated carbocycles. The minimum absolute atomic E-state index is 0.418. The molecule has 0 radical (unpaired) electrons. The number of nitrogens with one attached hydrogen (secondary N) is 1. The Morgan fingerprint density at radius 3 is 2.53 bits per heavy atom. The van der Waals surface area contributed by atoms with Gasteiger partial charge < -0.3 is 0 Å². The van der Waals surface area contributed by atoms with Crippen molar-refractivity contribution in [3.63, 3.8) is 0 Å². The normalized spacial score (nSPS) is 13.5. The lowest BCUT2D eigenvalue weighted by Crippen LogP contribution is -2.28. The SMILES string of the molecule is NNC(c1cccc(C(F)(F)F)c1)c1sccc1Cl. The largest absolute Gasteiger partial charge is 0.416 e. The molecule has 0 aliphatic heterocycles. The fourth-order valence-electron chi connectivity index (χ4n) is 1.73. The summed E-state index contributed by atoms with van der Waals surface area (Å²) in [6, 6.07) is 6.14. The van der Waals surface area contributed by atoms with Crippen LogP contribution >= 0.6 is 22.9 Å². The van der Waals surface area contributed by atoms with Crippen LogP contribution in [0.2, 0.25) is 5.02 Å². The minimum atomic E-state index is -4.38. The van der Waals surface area contributed by atoms with Crippen molar-refractivity contribution >= 4 is 22.9 Å². The third kappa shape index (κ3) is 3.09. The fourth-order valence-corrected chi connectivity index (χ4v) is 2.98. The molecule has 1 aromatic heterocycles. The van der Waals surface area contributed by atoms with E-state index in [-0.39, 0.29) is 0 Å². The Hall–Kier alpha value is -1.08. The van der Waals surface area contributed by atoms with Gasteiger partial charge in [0.2, 0.25) is 0 Å². The van der Waals surface area contributed by atoms with E-state index < -0.39 is 17.8 Å². The summed E-state index contributed by atoms with van der Waals surface area (Å²) in [5.74, 6) is 5.44. The van der Waals surface area contributed by atoms with Crippen LogP contribution in [0.3, 0.4) is 0 Å². The Balaban J connectivity index is 2.42. The average Bonchev–Trinajstić information content (AvgIpc) is 2.76. The van der Waals surface area contributed by atoms with Crippen LogP contribution in [0.5, 0.6) is 0 Å². The maximum atomic E-state index is 12.7. The van der Waals surface area contributed by atoms with E-state index in [4.69, 9.17) is 17.4 Å². The summed E-state index contributed by atoms with van der Waals surface area (Å²) in [5.41, 5.74) is 2.21. The Morgan fingerprint density at radius 1 is 1.26 bits per heavy atom. The van der Waals surface area contributed by atoms with E-state index in [2.05, 4.69) is 5.43 Å². The highest BCUT2D eigenvalue weighted by Crippen LogP contribution is 2.35. The van der Waals surface area contributed by atoms with Gasteiger partial charge >= 0.3 is 6.18 Å². The highest BCUT2D eigenvalue weighted by Gasteiger charge is 2.31. The summed E-state index contributed by atoms with van der Waals surface area (Å²) in [6.07, 6.45) is -4.38. The summed E-state index contributed by atoms with van der Waals surface area (Å²) < 4.78 is 38.0. The number of benzene rings is 1. The van der Waals surface area contributed by atoms with E-state index in [9.17, 15) is 13.2 Å². The van der Waals surface area contributed by atoms with Gasteiger partial charge in [0.25, 0.3) is 0 Å². The van der Waals surface area contributed by atoms with Crippen molar-refractivity contribution in [1.82, 2.24) is 5.43 Å². The predicted molar refractivity (Wildman–Crippen MR) is 69.9 cm³/mol. The molecule has 19 heavy (non-hydrogen) atoms. The van der Waals surface area contributed by atoms with Crippen molar-refractivity contribution < 1.29 is 13.2 Å². The molecule has 2 rings (SSSR count). The molecule has 1 unspecified atom stereocenters. The van der Waals surface area contributed by atoms with Crippen molar-refractivity contribution in [2.24, 2.45) is 5.84 Å². The first-order valence-electron chi connectivity index (χ1n) is 5.29. The number of hydrogen-bond donors (Lipinski definition) is 2. The molecule has 1 atom stereocenters. The fraction of sp³-hybridized carbons (Fsp3) is 0.167. The maximum absolute atomic E-state index is 12.7. The second-order valence-electron chi connectivity index (χ2n) is 3.86. The van der Waals surface area contributed by atoms with Crippen LogP contribution in [-0.4, -0.2) is 0 Å². The molecule has 0 aliphatic carbocycles. The van der Waals surface area contributed by atoms with Crippen molar-refractivity contribution in [3.05, 3.63) is 56.7 Å². The van der Waals surface area contributed by atoms with E-state index in [0.717, 1.165) is 12.1 Å². The third-order valence-electron chi connectivity index (χ3n) is 2.62. The van der Waals surface area contributed by atoms with Gasteiger partial charge in [-0.1, -0.05) is 23.7 Å². The van der Waals surface area contributed by atoms with Crippen LogP contribution in [0.4, 0.5) is 13.2 Å². The molecule has 0 bridgehead atoms. The van der Waals surface area contributed by atoms with Crippen molar-refractivity contribution in [3.8, 4) is 0 Å². The maximum Gasteiger partial charge on any atom is 0.416 e. The minimum Gasteiger partial charge on any atom is -0.271 e. The number of halogens is 4. The molecule has 2 aromatic rings. The predicted octanol–water partition coefficient (Wildman–Crippen LogP) is 3.97. The van der Waals surface area contributed by atoms with Gasteiger partial charge in [-0.3, -0.25) is 5.84 Å². The van der Waals surface area contributed by atoms with Gasteiger partial charge in [-0.05, 0) is 29.1 Å². The highest BCUT2D eigenvalue weighted by atomic mass is 35.5. The highest BCUT2D eigenvalue weighted by molar-refractivity contribution is 7.10. The molecule has 0 aliphatic rings. The first-order chi connectivity index (χ1) is 8.93. The number of nitrogens with two attached hydrogens (primary N) is 1. The Labute approximate surface area is 117 Å². The lowest BCUT2D eigenvalue weighted by atomic mass is 10.0. The zero-order valence-electron chi connectivity index (χ0n) is 9.54. The molecule has 7 heteroatoms. The molecule has 0 spiro atoms. The molecule has 0 fully saturated rings. The van der Waals surface area contributed by atoms with Crippen molar-refractivity contribution in [2.45, 2.75) is 12.2 Å². The van der Waals surface area contributed by atoms with Crippen molar-refractivity contribution in [2.75, 3.05) is 0 Å².